The summed E-state index contributed by atoms with van der Waals surface area (Å²) in [4.78, 5) is 0. The van der Waals surface area contributed by atoms with Gasteiger partial charge in [-0.25, -0.2) is 4.39 Å². The molecule has 0 radical (unpaired) electrons. The molecule has 0 aliphatic carbocycles. The zero-order chi connectivity index (χ0) is 15.5. The van der Waals surface area contributed by atoms with E-state index in [1.54, 1.807) is 13.0 Å². The highest BCUT2D eigenvalue weighted by atomic mass is 32.2. The third kappa shape index (κ3) is 3.83. The second-order valence-electron chi connectivity index (χ2n) is 4.57. The van der Waals surface area contributed by atoms with Crippen LogP contribution in [0.1, 0.15) is 18.2 Å². The molecule has 2 rings (SSSR count). The van der Waals surface area contributed by atoms with Crippen LogP contribution in [0.25, 0.3) is 0 Å². The maximum Gasteiger partial charge on any atom is 0.295 e. The average Bonchev–Trinajstić information content (AvgIpc) is 2.90. The Morgan fingerprint density at radius 2 is 2.00 bits per heavy atom. The van der Waals surface area contributed by atoms with Crippen molar-refractivity contribution >= 4 is 15.7 Å². The number of benzene rings is 1. The van der Waals surface area contributed by atoms with Gasteiger partial charge in [-0.05, 0) is 43.3 Å². The van der Waals surface area contributed by atoms with Crippen LogP contribution >= 0.6 is 0 Å². The number of furan rings is 1. The third-order valence-electron chi connectivity index (χ3n) is 2.88. The van der Waals surface area contributed by atoms with E-state index in [-0.39, 0.29) is 10.8 Å². The van der Waals surface area contributed by atoms with Crippen LogP contribution in [0.3, 0.4) is 0 Å². The molecule has 2 aromatic rings. The smallest absolute Gasteiger partial charge is 0.295 e. The lowest BCUT2D eigenvalue weighted by molar-refractivity contribution is 0.405. The van der Waals surface area contributed by atoms with Crippen molar-refractivity contribution < 1.29 is 17.2 Å². The maximum atomic E-state index is 13.4. The SMILES string of the molecule is CCNCc1ccc(S(=O)(=O)Nc2ccc(C)c(F)c2)o1. The van der Waals surface area contributed by atoms with Gasteiger partial charge in [0.2, 0.25) is 5.09 Å². The van der Waals surface area contributed by atoms with E-state index in [0.717, 1.165) is 12.6 Å². The minimum atomic E-state index is -3.86. The van der Waals surface area contributed by atoms with Crippen molar-refractivity contribution in [2.24, 2.45) is 0 Å². The van der Waals surface area contributed by atoms with E-state index in [1.807, 2.05) is 6.92 Å². The Labute approximate surface area is 123 Å². The first kappa shape index (κ1) is 15.5. The van der Waals surface area contributed by atoms with Gasteiger partial charge in [0, 0.05) is 0 Å². The molecule has 5 nitrogen and oxygen atoms in total. The molecule has 0 amide bonds. The fourth-order valence-electron chi connectivity index (χ4n) is 1.71. The molecule has 0 bridgehead atoms. The number of rotatable bonds is 6. The number of nitrogens with one attached hydrogen (secondary N) is 2. The second kappa shape index (κ2) is 6.28. The van der Waals surface area contributed by atoms with Crippen molar-refractivity contribution in [1.82, 2.24) is 5.32 Å². The Balaban J connectivity index is 2.17. The van der Waals surface area contributed by atoms with Crippen LogP contribution < -0.4 is 10.0 Å². The summed E-state index contributed by atoms with van der Waals surface area (Å²) in [7, 11) is -3.86. The van der Waals surface area contributed by atoms with E-state index in [1.165, 1.54) is 18.2 Å². The van der Waals surface area contributed by atoms with Crippen LogP contribution in [0.2, 0.25) is 0 Å². The van der Waals surface area contributed by atoms with E-state index in [9.17, 15) is 12.8 Å². The summed E-state index contributed by atoms with van der Waals surface area (Å²) < 4.78 is 45.3. The lowest BCUT2D eigenvalue weighted by Crippen LogP contribution is -2.13. The van der Waals surface area contributed by atoms with Crippen LogP contribution in [-0.4, -0.2) is 15.0 Å². The summed E-state index contributed by atoms with van der Waals surface area (Å²) in [5, 5.41) is 2.84. The van der Waals surface area contributed by atoms with Gasteiger partial charge < -0.3 is 9.73 Å². The molecule has 2 N–H and O–H groups in total. The first-order chi connectivity index (χ1) is 9.92. The van der Waals surface area contributed by atoms with Gasteiger partial charge in [0.1, 0.15) is 11.6 Å². The van der Waals surface area contributed by atoms with E-state index in [2.05, 4.69) is 10.0 Å². The lowest BCUT2D eigenvalue weighted by Gasteiger charge is -2.06. The monoisotopic (exact) mass is 312 g/mol. The molecule has 1 aromatic carbocycles. The Bertz CT molecular complexity index is 726. The molecule has 0 aliphatic rings. The van der Waals surface area contributed by atoms with Gasteiger partial charge >= 0.3 is 0 Å². The number of hydrogen-bond donors (Lipinski definition) is 2. The predicted molar refractivity (Wildman–Crippen MR) is 78.0 cm³/mol. The van der Waals surface area contributed by atoms with E-state index in [0.29, 0.717) is 17.9 Å². The molecule has 0 unspecified atom stereocenters. The molecule has 114 valence electrons. The molecule has 21 heavy (non-hydrogen) atoms. The topological polar surface area (TPSA) is 71.3 Å². The summed E-state index contributed by atoms with van der Waals surface area (Å²) in [6.45, 7) is 4.75. The fourth-order valence-corrected chi connectivity index (χ4v) is 2.71. The minimum Gasteiger partial charge on any atom is -0.446 e. The molecule has 1 aromatic heterocycles. The van der Waals surface area contributed by atoms with Gasteiger partial charge in [0.05, 0.1) is 12.2 Å². The number of aryl methyl sites for hydroxylation is 1. The molecule has 1 heterocycles. The number of halogens is 1. The van der Waals surface area contributed by atoms with Gasteiger partial charge in [-0.3, -0.25) is 4.72 Å². The molecule has 0 atom stereocenters. The quantitative estimate of drug-likeness (QED) is 0.860. The van der Waals surface area contributed by atoms with Crippen LogP contribution in [-0.2, 0) is 16.6 Å². The second-order valence-corrected chi connectivity index (χ2v) is 6.18. The van der Waals surface area contributed by atoms with E-state index in [4.69, 9.17) is 4.42 Å². The minimum absolute atomic E-state index is 0.155. The van der Waals surface area contributed by atoms with Crippen LogP contribution in [0.15, 0.2) is 39.8 Å². The molecular weight excluding hydrogens is 295 g/mol. The van der Waals surface area contributed by atoms with Crippen LogP contribution in [0, 0.1) is 12.7 Å². The van der Waals surface area contributed by atoms with Crippen molar-refractivity contribution in [1.29, 1.82) is 0 Å². The van der Waals surface area contributed by atoms with Gasteiger partial charge in [-0.1, -0.05) is 13.0 Å². The van der Waals surface area contributed by atoms with Gasteiger partial charge in [0.15, 0.2) is 0 Å². The Kier molecular flexibility index (Phi) is 4.64. The highest BCUT2D eigenvalue weighted by Gasteiger charge is 2.19. The van der Waals surface area contributed by atoms with Gasteiger partial charge in [-0.15, -0.1) is 0 Å². The first-order valence-corrected chi connectivity index (χ1v) is 7.99. The standard InChI is InChI=1S/C14H17FN2O3S/c1-3-16-9-12-6-7-14(20-12)21(18,19)17-11-5-4-10(2)13(15)8-11/h4-8,16-17H,3,9H2,1-2H3. The summed E-state index contributed by atoms with van der Waals surface area (Å²) in [6.07, 6.45) is 0. The summed E-state index contributed by atoms with van der Waals surface area (Å²) in [5.41, 5.74) is 0.603. The van der Waals surface area contributed by atoms with Gasteiger partial charge in [-0.2, -0.15) is 8.42 Å². The Morgan fingerprint density at radius 3 is 2.67 bits per heavy atom. The van der Waals surface area contributed by atoms with E-state index < -0.39 is 15.8 Å². The summed E-state index contributed by atoms with van der Waals surface area (Å²) in [5.74, 6) is 0.0507. The predicted octanol–water partition coefficient (Wildman–Crippen LogP) is 2.64. The third-order valence-corrected chi connectivity index (χ3v) is 4.13. The Morgan fingerprint density at radius 1 is 1.24 bits per heavy atom. The Hall–Kier alpha value is -1.86. The zero-order valence-electron chi connectivity index (χ0n) is 11.8. The summed E-state index contributed by atoms with van der Waals surface area (Å²) >= 11 is 0. The fraction of sp³-hybridized carbons (Fsp3) is 0.286. The number of hydrogen-bond acceptors (Lipinski definition) is 4. The summed E-state index contributed by atoms with van der Waals surface area (Å²) in [6, 6.07) is 7.10. The van der Waals surface area contributed by atoms with E-state index >= 15 is 0 Å². The number of anilines is 1. The molecular formula is C14H17FN2O3S. The maximum absolute atomic E-state index is 13.4. The first-order valence-electron chi connectivity index (χ1n) is 6.51. The molecule has 0 fully saturated rings. The van der Waals surface area contributed by atoms with Crippen molar-refractivity contribution in [2.45, 2.75) is 25.5 Å². The average molecular weight is 312 g/mol. The lowest BCUT2D eigenvalue weighted by atomic mass is 10.2. The van der Waals surface area contributed by atoms with Crippen molar-refractivity contribution in [2.75, 3.05) is 11.3 Å². The zero-order valence-corrected chi connectivity index (χ0v) is 12.6. The molecule has 0 spiro atoms. The van der Waals surface area contributed by atoms with Crippen LogP contribution in [0.4, 0.5) is 10.1 Å². The highest BCUT2D eigenvalue weighted by molar-refractivity contribution is 7.92. The van der Waals surface area contributed by atoms with Crippen molar-refractivity contribution in [3.05, 3.63) is 47.5 Å². The molecule has 0 aliphatic heterocycles. The van der Waals surface area contributed by atoms with Gasteiger partial charge in [0.25, 0.3) is 10.0 Å². The van der Waals surface area contributed by atoms with Crippen LogP contribution in [0.5, 0.6) is 0 Å². The highest BCUT2D eigenvalue weighted by Crippen LogP contribution is 2.20. The molecule has 7 heteroatoms. The van der Waals surface area contributed by atoms with Crippen molar-refractivity contribution in [3.63, 3.8) is 0 Å². The van der Waals surface area contributed by atoms with Crippen molar-refractivity contribution in [3.8, 4) is 0 Å². The largest absolute Gasteiger partial charge is 0.446 e. The number of sulfonamides is 1. The molecule has 0 saturated carbocycles. The molecule has 0 saturated heterocycles. The normalized spacial score (nSPS) is 11.6.